The van der Waals surface area contributed by atoms with E-state index >= 15 is 0 Å². The number of benzene rings is 2. The van der Waals surface area contributed by atoms with Crippen LogP contribution in [0.1, 0.15) is 22.3 Å². The first-order valence-electron chi connectivity index (χ1n) is 10.1. The number of halogens is 2. The van der Waals surface area contributed by atoms with Crippen LogP contribution < -0.4 is 15.5 Å². The molecule has 4 rings (SSSR count). The Bertz CT molecular complexity index is 1210. The lowest BCUT2D eigenvalue weighted by Gasteiger charge is -2.28. The molecule has 1 fully saturated rings. The second-order valence-corrected chi connectivity index (χ2v) is 7.61. The van der Waals surface area contributed by atoms with Gasteiger partial charge in [-0.25, -0.2) is 8.78 Å². The van der Waals surface area contributed by atoms with Crippen LogP contribution in [-0.2, 0) is 11.3 Å². The van der Waals surface area contributed by atoms with Gasteiger partial charge in [-0.1, -0.05) is 12.1 Å². The quantitative estimate of drug-likeness (QED) is 0.630. The zero-order valence-electron chi connectivity index (χ0n) is 17.3. The van der Waals surface area contributed by atoms with E-state index in [-0.39, 0.29) is 24.2 Å². The topological polar surface area (TPSA) is 89.8 Å². The van der Waals surface area contributed by atoms with Gasteiger partial charge in [-0.3, -0.25) is 9.59 Å². The number of carbonyl (C=O) groups excluding carboxylic acids is 1. The van der Waals surface area contributed by atoms with Gasteiger partial charge < -0.3 is 24.5 Å². The van der Waals surface area contributed by atoms with Gasteiger partial charge in [0, 0.05) is 19.3 Å². The molecule has 0 bridgehead atoms. The average Bonchev–Trinajstić information content (AvgIpc) is 2.79. The Hall–Kier alpha value is -3.30. The molecular formula is C23H22F2N2O5. The first-order chi connectivity index (χ1) is 15.4. The van der Waals surface area contributed by atoms with Gasteiger partial charge in [0.05, 0.1) is 36.8 Å². The minimum atomic E-state index is -0.927. The van der Waals surface area contributed by atoms with Gasteiger partial charge in [-0.2, -0.15) is 0 Å². The molecule has 2 heterocycles. The van der Waals surface area contributed by atoms with Crippen LogP contribution in [0.25, 0.3) is 10.9 Å². The number of nitrogens with one attached hydrogen (secondary N) is 1. The van der Waals surface area contributed by atoms with Crippen LogP contribution in [-0.4, -0.2) is 48.1 Å². The number of aromatic nitrogens is 1. The fourth-order valence-corrected chi connectivity index (χ4v) is 3.80. The molecule has 1 saturated heterocycles. The van der Waals surface area contributed by atoms with E-state index in [1.54, 1.807) is 24.3 Å². The highest BCUT2D eigenvalue weighted by molar-refractivity contribution is 5.97. The largest absolute Gasteiger partial charge is 0.497 e. The Morgan fingerprint density at radius 2 is 1.94 bits per heavy atom. The van der Waals surface area contributed by atoms with E-state index in [1.807, 2.05) is 0 Å². The van der Waals surface area contributed by atoms with E-state index in [0.717, 1.165) is 17.7 Å². The molecule has 0 saturated carbocycles. The molecule has 0 aliphatic carbocycles. The summed E-state index contributed by atoms with van der Waals surface area (Å²) in [6, 6.07) is 8.13. The van der Waals surface area contributed by atoms with E-state index in [2.05, 4.69) is 5.32 Å². The van der Waals surface area contributed by atoms with Crippen molar-refractivity contribution in [3.63, 3.8) is 0 Å². The number of nitrogens with zero attached hydrogens (tertiary/aromatic N) is 1. The van der Waals surface area contributed by atoms with Crippen LogP contribution in [0.3, 0.4) is 0 Å². The van der Waals surface area contributed by atoms with Crippen LogP contribution >= 0.6 is 0 Å². The summed E-state index contributed by atoms with van der Waals surface area (Å²) in [5.74, 6) is -1.84. The van der Waals surface area contributed by atoms with Crippen molar-refractivity contribution in [1.82, 2.24) is 9.88 Å². The number of methoxy groups -OCH3 is 1. The van der Waals surface area contributed by atoms with Crippen molar-refractivity contribution in [3.8, 4) is 5.75 Å². The van der Waals surface area contributed by atoms with E-state index in [1.165, 1.54) is 17.9 Å². The summed E-state index contributed by atoms with van der Waals surface area (Å²) in [5, 5.41) is 12.2. The highest BCUT2D eigenvalue weighted by atomic mass is 19.1. The van der Waals surface area contributed by atoms with Crippen molar-refractivity contribution < 1.29 is 28.2 Å². The average molecular weight is 444 g/mol. The third kappa shape index (κ3) is 4.21. The van der Waals surface area contributed by atoms with E-state index in [0.29, 0.717) is 18.8 Å². The molecule has 1 aliphatic rings. The molecule has 0 radical (unpaired) electrons. The Kier molecular flexibility index (Phi) is 6.20. The van der Waals surface area contributed by atoms with Crippen LogP contribution in [0.4, 0.5) is 8.78 Å². The maximum atomic E-state index is 14.7. The predicted molar refractivity (Wildman–Crippen MR) is 113 cm³/mol. The van der Waals surface area contributed by atoms with Crippen molar-refractivity contribution in [2.75, 3.05) is 20.3 Å². The lowest BCUT2D eigenvalue weighted by molar-refractivity contribution is -0.0261. The third-order valence-corrected chi connectivity index (χ3v) is 5.52. The summed E-state index contributed by atoms with van der Waals surface area (Å²) < 4.78 is 40.9. The number of hydrogen-bond donors (Lipinski definition) is 2. The van der Waals surface area contributed by atoms with Gasteiger partial charge >= 0.3 is 0 Å². The number of carbonyl (C=O) groups is 1. The van der Waals surface area contributed by atoms with Crippen LogP contribution in [0.2, 0.25) is 0 Å². The monoisotopic (exact) mass is 444 g/mol. The summed E-state index contributed by atoms with van der Waals surface area (Å²) in [5.41, 5.74) is -0.754. The highest BCUT2D eigenvalue weighted by Crippen LogP contribution is 2.22. The molecule has 0 unspecified atom stereocenters. The predicted octanol–water partition coefficient (Wildman–Crippen LogP) is 2.22. The number of pyridine rings is 1. The lowest BCUT2D eigenvalue weighted by Crippen LogP contribution is -2.49. The maximum Gasteiger partial charge on any atom is 0.257 e. The Labute approximate surface area is 182 Å². The zero-order chi connectivity index (χ0) is 22.8. The van der Waals surface area contributed by atoms with Crippen LogP contribution in [0.15, 0.2) is 47.4 Å². The van der Waals surface area contributed by atoms with E-state index in [4.69, 9.17) is 9.47 Å². The fourth-order valence-electron chi connectivity index (χ4n) is 3.80. The molecule has 168 valence electrons. The summed E-state index contributed by atoms with van der Waals surface area (Å²) in [4.78, 5) is 25.9. The summed E-state index contributed by atoms with van der Waals surface area (Å²) in [6.45, 7) is 0.493. The molecular weight excluding hydrogens is 422 g/mol. The molecule has 0 spiro atoms. The van der Waals surface area contributed by atoms with Gasteiger partial charge in [-0.05, 0) is 36.2 Å². The van der Waals surface area contributed by atoms with E-state index < -0.39 is 40.5 Å². The number of fused-ring (bicyclic) bond motifs is 1. The molecule has 2 N–H and O–H groups in total. The molecule has 2 atom stereocenters. The normalized spacial score (nSPS) is 18.5. The summed E-state index contributed by atoms with van der Waals surface area (Å²) >= 11 is 0. The van der Waals surface area contributed by atoms with Gasteiger partial charge in [0.1, 0.15) is 22.9 Å². The molecule has 3 aromatic rings. The lowest BCUT2D eigenvalue weighted by atomic mass is 10.0. The molecule has 7 nitrogen and oxygen atoms in total. The molecule has 32 heavy (non-hydrogen) atoms. The Morgan fingerprint density at radius 3 is 2.62 bits per heavy atom. The summed E-state index contributed by atoms with van der Waals surface area (Å²) in [7, 11) is 1.53. The smallest absolute Gasteiger partial charge is 0.257 e. The first kappa shape index (κ1) is 21.9. The maximum absolute atomic E-state index is 14.7. The molecule has 2 aromatic carbocycles. The minimum absolute atomic E-state index is 0.0597. The van der Waals surface area contributed by atoms with Crippen molar-refractivity contribution in [1.29, 1.82) is 0 Å². The summed E-state index contributed by atoms with van der Waals surface area (Å²) in [6.07, 6.45) is 0.658. The van der Waals surface area contributed by atoms with Crippen molar-refractivity contribution in [3.05, 3.63) is 75.6 Å². The first-order valence-corrected chi connectivity index (χ1v) is 10.1. The fraction of sp³-hybridized carbons (Fsp3) is 0.304. The number of aliphatic hydroxyl groups is 1. The Balaban J connectivity index is 1.79. The minimum Gasteiger partial charge on any atom is -0.497 e. The Morgan fingerprint density at radius 1 is 1.22 bits per heavy atom. The van der Waals surface area contributed by atoms with Gasteiger partial charge in [-0.15, -0.1) is 0 Å². The zero-order valence-corrected chi connectivity index (χ0v) is 17.3. The van der Waals surface area contributed by atoms with Gasteiger partial charge in [0.2, 0.25) is 5.43 Å². The number of aliphatic hydroxyl groups excluding tert-OH is 1. The second kappa shape index (κ2) is 9.05. The third-order valence-electron chi connectivity index (χ3n) is 5.52. The number of ether oxygens (including phenoxy) is 2. The highest BCUT2D eigenvalue weighted by Gasteiger charge is 2.27. The molecule has 1 aliphatic heterocycles. The number of rotatable bonds is 5. The van der Waals surface area contributed by atoms with Gasteiger partial charge in [0.25, 0.3) is 5.91 Å². The standard InChI is InChI=1S/C23H22F2N2O5/c1-31-14-4-2-13(3-5-14)10-27-11-15(23(30)26-18-8-9-32-12-19(18)28)22(29)20-16(24)6-7-17(25)21(20)27/h2-7,11,18-19,28H,8-10,12H2,1H3,(H,26,30)/t18-,19-/m0/s1. The van der Waals surface area contributed by atoms with Gasteiger partial charge in [0.15, 0.2) is 0 Å². The van der Waals surface area contributed by atoms with Crippen molar-refractivity contribution in [2.45, 2.75) is 25.1 Å². The molecule has 1 amide bonds. The van der Waals surface area contributed by atoms with E-state index in [9.17, 15) is 23.5 Å². The van der Waals surface area contributed by atoms with Crippen LogP contribution in [0, 0.1) is 11.6 Å². The molecule has 1 aromatic heterocycles. The van der Waals surface area contributed by atoms with Crippen LogP contribution in [0.5, 0.6) is 5.75 Å². The SMILES string of the molecule is COc1ccc(Cn2cc(C(=O)N[C@H]3CCOC[C@@H]3O)c(=O)c3c(F)ccc(F)c32)cc1. The molecule has 9 heteroatoms. The number of hydrogen-bond acceptors (Lipinski definition) is 5. The number of amides is 1. The van der Waals surface area contributed by atoms with Crippen molar-refractivity contribution in [2.24, 2.45) is 0 Å². The van der Waals surface area contributed by atoms with Crippen molar-refractivity contribution >= 4 is 16.8 Å². The second-order valence-electron chi connectivity index (χ2n) is 7.61.